The summed E-state index contributed by atoms with van der Waals surface area (Å²) in [6, 6.07) is 65.8. The Labute approximate surface area is 676 Å². The average molecular weight is 1580 g/mol. The number of sulfonamides is 2. The molecule has 2 amide bonds. The Kier molecular flexibility index (Phi) is 43.2. The molecule has 0 bridgehead atoms. The van der Waals surface area contributed by atoms with Crippen LogP contribution in [0.4, 0.5) is 0 Å². The van der Waals surface area contributed by atoms with Gasteiger partial charge in [-0.3, -0.25) is 14.4 Å². The maximum atomic E-state index is 11.7. The number of nitrogens with two attached hydrogens (primary N) is 3. The molecule has 9 aromatic rings. The zero-order valence-electron chi connectivity index (χ0n) is 70.4. The second-order valence-corrected chi connectivity index (χ2v) is 34.1. The summed E-state index contributed by atoms with van der Waals surface area (Å²) < 4.78 is 46.7. The third-order valence-electron chi connectivity index (χ3n) is 18.3. The molecule has 113 heavy (non-hydrogen) atoms. The van der Waals surface area contributed by atoms with Crippen LogP contribution in [-0.2, 0) is 33.1 Å². The Bertz CT molecular complexity index is 4550. The van der Waals surface area contributed by atoms with Crippen LogP contribution in [0, 0.1) is 0 Å². The molecule has 0 radical (unpaired) electrons. The van der Waals surface area contributed by atoms with Gasteiger partial charge in [0.2, 0.25) is 26.0 Å². The number of carboxylic acids is 1. The molecule has 11 N–H and O–H groups in total. The van der Waals surface area contributed by atoms with Crippen molar-refractivity contribution in [2.45, 2.75) is 207 Å². The fraction of sp³-hybridized carbons (Fsp3) is 0.355. The molecule has 0 saturated heterocycles. The molecule has 0 spiro atoms. The highest BCUT2D eigenvalue weighted by atomic mass is 32.2. The molecular formula is C93H126BN5O12S2. The molecule has 20 heteroatoms. The van der Waals surface area contributed by atoms with Crippen molar-refractivity contribution in [2.75, 3.05) is 21.1 Å². The van der Waals surface area contributed by atoms with Gasteiger partial charge in [-0.2, -0.15) is 0 Å². The molecule has 0 aromatic heterocycles. The fourth-order valence-electron chi connectivity index (χ4n) is 10.5. The van der Waals surface area contributed by atoms with Crippen LogP contribution >= 0.6 is 0 Å². The van der Waals surface area contributed by atoms with Crippen LogP contribution in [-0.4, -0.2) is 93.2 Å². The van der Waals surface area contributed by atoms with Gasteiger partial charge in [0.1, 0.15) is 0 Å². The van der Waals surface area contributed by atoms with Crippen LogP contribution in [0.1, 0.15) is 293 Å². The van der Waals surface area contributed by atoms with E-state index in [9.17, 15) is 36.0 Å². The van der Waals surface area contributed by atoms with Gasteiger partial charge in [0.05, 0.1) is 22.0 Å². The molecule has 0 aliphatic heterocycles. The molecular weight excluding hydrogens is 1450 g/mol. The Hall–Kier alpha value is -9.64. The molecule has 0 saturated carbocycles. The van der Waals surface area contributed by atoms with E-state index in [1.165, 1.54) is 57.8 Å². The first kappa shape index (κ1) is 99.4. The molecule has 9 aromatic carbocycles. The van der Waals surface area contributed by atoms with Gasteiger partial charge in [-0.15, -0.1) is 0 Å². The number of hydrogen-bond donors (Lipinski definition) is 8. The number of hydrogen-bond acceptors (Lipinski definition) is 12. The highest BCUT2D eigenvalue weighted by Crippen LogP contribution is 2.27. The maximum Gasteiger partial charge on any atom is 0.488 e. The van der Waals surface area contributed by atoms with Crippen molar-refractivity contribution < 1.29 is 56.3 Å². The standard InChI is InChI=1S/C12H14O.C11H17NO2S.C11H15NO.C11H15N.C10H13NO.C10H12O2.C10H14O.C9H13BO2.C9H13NO2S/c1-8(2)10-4-3-9-5-6-12(13)11(9)7-10;1-9(2)10-5-7-11(8-6-10)15(13,14)12(3)4;1-8(2)9-4-6-10(7-5-9)11(13)12-3;1-8(2)10-4-6-11(7-5-10)9(3)12;1-7(2)8-4-3-5-9(6-8)10(11)12;1-7(2)8-3-5-9(6-4-8)10(11)12;1-8(2)10-5-3-9(7-11)4-6-10;1-7(2)8-4-3-5-9(6-8)10(11)12;1-7(2)8-4-3-5-9(6-8)13(10,11)12/h3-4,7-8H,5-6H2,1-2H3;5-9H,1-4H3;4-8H,1-3H3,(H,12,13);4-8H,3,12H2,1-2H3;3-7H,1-2H3,(H2,11,12);3-7H,1-2H3,(H,11,12);3-6,8,11H,7H2,1-2H3;3-7,11-12H,1-2H3;3-7H,1-2H3,(H2,10,11,12). The minimum Gasteiger partial charge on any atom is -0.478 e. The molecule has 1 aliphatic carbocycles. The number of carbonyl (C=O) groups excluding carboxylic acids is 3. The summed E-state index contributed by atoms with van der Waals surface area (Å²) in [7, 11) is -3.50. The van der Waals surface area contributed by atoms with Gasteiger partial charge < -0.3 is 37.0 Å². The van der Waals surface area contributed by atoms with Crippen molar-refractivity contribution in [3.05, 3.63) is 308 Å². The van der Waals surface area contributed by atoms with Crippen molar-refractivity contribution in [1.82, 2.24) is 9.62 Å². The van der Waals surface area contributed by atoms with E-state index in [2.05, 4.69) is 165 Å². The van der Waals surface area contributed by atoms with Crippen LogP contribution in [0.15, 0.2) is 229 Å². The Balaban J connectivity index is 0.000000432. The van der Waals surface area contributed by atoms with E-state index in [4.69, 9.17) is 36.9 Å². The average Bonchev–Trinajstić information content (AvgIpc) is 1.69. The lowest BCUT2D eigenvalue weighted by atomic mass is 9.79. The SMILES string of the molecule is C=C(N)c1ccc(C(C)C)cc1.CC(C)c1ccc(C(=O)O)cc1.CC(C)c1ccc(CO)cc1.CC(C)c1ccc(S(=O)(=O)N(C)C)cc1.CC(C)c1ccc2c(c1)C(=O)CC2.CC(C)c1cccc(B(O)O)c1.CC(C)c1cccc(C(N)=O)c1.CC(C)c1cccc(S(N)(=O)=O)c1.CNC(=O)c1ccc(C(C)C)cc1. The van der Waals surface area contributed by atoms with E-state index in [1.54, 1.807) is 55.6 Å². The number of primary sulfonamides is 1. The number of aliphatic hydroxyl groups is 1. The molecule has 1 aliphatic rings. The van der Waals surface area contributed by atoms with Crippen LogP contribution in [0.25, 0.3) is 5.70 Å². The normalized spacial score (nSPS) is 11.3. The summed E-state index contributed by atoms with van der Waals surface area (Å²) >= 11 is 0. The van der Waals surface area contributed by atoms with Crippen LogP contribution in [0.3, 0.4) is 0 Å². The van der Waals surface area contributed by atoms with Crippen molar-refractivity contribution in [3.8, 4) is 0 Å². The van der Waals surface area contributed by atoms with E-state index in [-0.39, 0.29) is 23.3 Å². The molecule has 610 valence electrons. The summed E-state index contributed by atoms with van der Waals surface area (Å²) in [6.45, 7) is 41.7. The topological polar surface area (TPSA) is 311 Å². The number of ketones is 1. The second-order valence-electron chi connectivity index (χ2n) is 30.4. The first-order valence-electron chi connectivity index (χ1n) is 38.3. The largest absolute Gasteiger partial charge is 0.488 e. The smallest absolute Gasteiger partial charge is 0.478 e. The molecule has 0 unspecified atom stereocenters. The predicted molar refractivity (Wildman–Crippen MR) is 468 cm³/mol. The summed E-state index contributed by atoms with van der Waals surface area (Å²) in [4.78, 5) is 44.4. The molecule has 0 heterocycles. The number of nitrogens with one attached hydrogen (secondary N) is 1. The van der Waals surface area contributed by atoms with Crippen LogP contribution in [0.5, 0.6) is 0 Å². The number of rotatable bonds is 18. The third-order valence-corrected chi connectivity index (χ3v) is 21.0. The number of fused-ring (bicyclic) bond motifs is 1. The number of aryl methyl sites for hydroxylation is 1. The maximum absolute atomic E-state index is 11.7. The van der Waals surface area contributed by atoms with Gasteiger partial charge >= 0.3 is 13.1 Å². The first-order valence-corrected chi connectivity index (χ1v) is 41.3. The first-order chi connectivity index (χ1) is 52.8. The van der Waals surface area contributed by atoms with Gasteiger partial charge in [-0.1, -0.05) is 277 Å². The summed E-state index contributed by atoms with van der Waals surface area (Å²) in [5, 5.41) is 42.7. The van der Waals surface area contributed by atoms with Crippen molar-refractivity contribution in [2.24, 2.45) is 16.6 Å². The third kappa shape index (κ3) is 35.5. The summed E-state index contributed by atoms with van der Waals surface area (Å²) in [6.07, 6.45) is 1.64. The van der Waals surface area contributed by atoms with Crippen molar-refractivity contribution in [3.63, 3.8) is 0 Å². The quantitative estimate of drug-likeness (QED) is 0.0371. The van der Waals surface area contributed by atoms with E-state index in [0.717, 1.165) is 45.4 Å². The molecule has 17 nitrogen and oxygen atoms in total. The highest BCUT2D eigenvalue weighted by Gasteiger charge is 2.21. The summed E-state index contributed by atoms with van der Waals surface area (Å²) in [5.41, 5.74) is 28.5. The predicted octanol–water partition coefficient (Wildman–Crippen LogP) is 18.6. The Morgan fingerprint density at radius 1 is 0.442 bits per heavy atom. The Morgan fingerprint density at radius 3 is 1.16 bits per heavy atom. The van der Waals surface area contributed by atoms with Gasteiger partial charge in [-0.05, 0) is 199 Å². The minimum absolute atomic E-state index is 0.0321. The Morgan fingerprint density at radius 2 is 0.796 bits per heavy atom. The zero-order chi connectivity index (χ0) is 85.8. The van der Waals surface area contributed by atoms with Gasteiger partial charge in [0.15, 0.2) is 5.78 Å². The number of aliphatic hydroxyl groups excluding tert-OH is 1. The zero-order valence-corrected chi connectivity index (χ0v) is 72.0. The number of Topliss-reactive ketones (excluding diaryl/α,β-unsaturated/α-hetero) is 1. The number of carboxylic acid groups (broad SMARTS) is 1. The molecule has 0 atom stereocenters. The number of carbonyl (C=O) groups is 4. The van der Waals surface area contributed by atoms with Gasteiger partial charge in [0.25, 0.3) is 5.91 Å². The number of amides is 2. The van der Waals surface area contributed by atoms with Crippen LogP contribution < -0.4 is 27.4 Å². The minimum atomic E-state index is -3.56. The molecule has 0 fully saturated rings. The lowest BCUT2D eigenvalue weighted by molar-refractivity contribution is 0.0695. The van der Waals surface area contributed by atoms with E-state index < -0.39 is 33.1 Å². The summed E-state index contributed by atoms with van der Waals surface area (Å²) in [5.74, 6) is 3.25. The van der Waals surface area contributed by atoms with E-state index >= 15 is 0 Å². The lowest BCUT2D eigenvalue weighted by Crippen LogP contribution is -2.29. The molecule has 10 rings (SSSR count). The highest BCUT2D eigenvalue weighted by molar-refractivity contribution is 7.89. The van der Waals surface area contributed by atoms with Crippen molar-refractivity contribution >= 4 is 61.9 Å². The van der Waals surface area contributed by atoms with Gasteiger partial charge in [0, 0.05) is 50.0 Å². The fourth-order valence-corrected chi connectivity index (χ4v) is 12.0. The number of benzene rings is 9. The van der Waals surface area contributed by atoms with Crippen molar-refractivity contribution in [1.29, 1.82) is 0 Å². The second kappa shape index (κ2) is 49.1. The lowest BCUT2D eigenvalue weighted by Gasteiger charge is -2.12. The van der Waals surface area contributed by atoms with E-state index in [0.29, 0.717) is 98.2 Å². The number of primary amides is 1. The van der Waals surface area contributed by atoms with Gasteiger partial charge in [-0.25, -0.2) is 31.1 Å². The monoisotopic (exact) mass is 1580 g/mol. The number of nitrogens with zero attached hydrogens (tertiary/aromatic N) is 1. The number of aromatic carboxylic acids is 1. The van der Waals surface area contributed by atoms with Crippen LogP contribution in [0.2, 0.25) is 0 Å². The van der Waals surface area contributed by atoms with E-state index in [1.807, 2.05) is 129 Å².